The Morgan fingerprint density at radius 2 is 1.69 bits per heavy atom. The topological polar surface area (TPSA) is 47.5 Å². The monoisotopic (exact) mass is 400 g/mol. The van der Waals surface area contributed by atoms with E-state index in [2.05, 4.69) is 38.0 Å². The van der Waals surface area contributed by atoms with E-state index >= 15 is 0 Å². The molecule has 0 radical (unpaired) electrons. The van der Waals surface area contributed by atoms with Crippen LogP contribution in [0.2, 0.25) is 0 Å². The molecular weight excluding hydrogens is 360 g/mol. The molecule has 4 rings (SSSR count). The average Bonchev–Trinajstić information content (AvgIpc) is 3.17. The van der Waals surface area contributed by atoms with Crippen molar-refractivity contribution in [2.75, 3.05) is 56.0 Å². The number of piperidine rings is 1. The van der Waals surface area contributed by atoms with Gasteiger partial charge in [0.15, 0.2) is 0 Å². The number of aromatic nitrogens is 2. The van der Waals surface area contributed by atoms with E-state index in [-0.39, 0.29) is 0 Å². The Hall–Kier alpha value is -1.40. The van der Waals surface area contributed by atoms with Crippen LogP contribution in [0.4, 0.5) is 11.8 Å². The van der Waals surface area contributed by atoms with Gasteiger partial charge in [0.2, 0.25) is 5.95 Å². The van der Waals surface area contributed by atoms with Crippen molar-refractivity contribution in [3.05, 3.63) is 12.3 Å². The lowest BCUT2D eigenvalue weighted by Crippen LogP contribution is -2.47. The predicted molar refractivity (Wildman–Crippen MR) is 121 cm³/mol. The molecule has 0 amide bonds. The van der Waals surface area contributed by atoms with Gasteiger partial charge in [0.1, 0.15) is 5.82 Å². The van der Waals surface area contributed by atoms with Crippen molar-refractivity contribution < 1.29 is 0 Å². The van der Waals surface area contributed by atoms with Gasteiger partial charge in [-0.05, 0) is 70.8 Å². The summed E-state index contributed by atoms with van der Waals surface area (Å²) in [5.41, 5.74) is 0. The van der Waals surface area contributed by atoms with Gasteiger partial charge in [-0.3, -0.25) is 4.90 Å². The minimum absolute atomic E-state index is 0.459. The second kappa shape index (κ2) is 10.6. The number of anilines is 2. The van der Waals surface area contributed by atoms with E-state index in [1.54, 1.807) is 0 Å². The van der Waals surface area contributed by atoms with Gasteiger partial charge in [0.05, 0.1) is 0 Å². The van der Waals surface area contributed by atoms with Gasteiger partial charge >= 0.3 is 0 Å². The van der Waals surface area contributed by atoms with Gasteiger partial charge in [0.25, 0.3) is 0 Å². The van der Waals surface area contributed by atoms with Gasteiger partial charge in [-0.2, -0.15) is 4.98 Å². The van der Waals surface area contributed by atoms with Crippen LogP contribution in [0.15, 0.2) is 12.3 Å². The van der Waals surface area contributed by atoms with Crippen LogP contribution < -0.4 is 10.2 Å². The molecule has 0 aliphatic carbocycles. The zero-order chi connectivity index (χ0) is 19.9. The lowest BCUT2D eigenvalue weighted by atomic mass is 10.0. The molecule has 1 aromatic rings. The second-order valence-corrected chi connectivity index (χ2v) is 9.14. The van der Waals surface area contributed by atoms with Crippen LogP contribution >= 0.6 is 0 Å². The standard InChI is InChI=1S/C23H40N6/c1-2-27-17-11-21(12-18-27)29-16-8-5-9-20(19-29)25-23-24-13-10-22(26-23)28-14-6-3-4-7-15-28/h10,13,20-21H,2-9,11-12,14-19H2,1H3,(H,24,25,26). The maximum Gasteiger partial charge on any atom is 0.224 e. The van der Waals surface area contributed by atoms with Crippen molar-refractivity contribution in [3.8, 4) is 0 Å². The Morgan fingerprint density at radius 3 is 2.45 bits per heavy atom. The Bertz CT molecular complexity index is 607. The van der Waals surface area contributed by atoms with Crippen molar-refractivity contribution in [1.82, 2.24) is 19.8 Å². The number of rotatable bonds is 5. The van der Waals surface area contributed by atoms with Crippen molar-refractivity contribution in [3.63, 3.8) is 0 Å². The van der Waals surface area contributed by atoms with Crippen LogP contribution in [0.3, 0.4) is 0 Å². The van der Waals surface area contributed by atoms with Crippen LogP contribution in [0.5, 0.6) is 0 Å². The summed E-state index contributed by atoms with van der Waals surface area (Å²) in [5, 5.41) is 3.70. The third-order valence-electron chi connectivity index (χ3n) is 7.13. The SMILES string of the molecule is CCN1CCC(N2CCCCC(Nc3nccc(N4CCCCCC4)n3)C2)CC1. The average molecular weight is 401 g/mol. The molecule has 0 bridgehead atoms. The van der Waals surface area contributed by atoms with Gasteiger partial charge < -0.3 is 15.1 Å². The molecule has 29 heavy (non-hydrogen) atoms. The Morgan fingerprint density at radius 1 is 0.931 bits per heavy atom. The van der Waals surface area contributed by atoms with Crippen molar-refractivity contribution in [1.29, 1.82) is 0 Å². The molecular formula is C23H40N6. The van der Waals surface area contributed by atoms with Gasteiger partial charge in [-0.25, -0.2) is 4.98 Å². The number of nitrogens with one attached hydrogen (secondary N) is 1. The normalized spacial score (nSPS) is 26.1. The van der Waals surface area contributed by atoms with E-state index in [4.69, 9.17) is 4.98 Å². The van der Waals surface area contributed by atoms with E-state index in [0.717, 1.165) is 37.4 Å². The molecule has 0 saturated carbocycles. The molecule has 1 aromatic heterocycles. The highest BCUT2D eigenvalue weighted by molar-refractivity contribution is 5.43. The summed E-state index contributed by atoms with van der Waals surface area (Å²) < 4.78 is 0. The molecule has 3 fully saturated rings. The Balaban J connectivity index is 1.36. The van der Waals surface area contributed by atoms with E-state index in [0.29, 0.717) is 6.04 Å². The highest BCUT2D eigenvalue weighted by Crippen LogP contribution is 2.23. The summed E-state index contributed by atoms with van der Waals surface area (Å²) in [5.74, 6) is 1.92. The number of hydrogen-bond acceptors (Lipinski definition) is 6. The Labute approximate surface area is 177 Å². The molecule has 6 nitrogen and oxygen atoms in total. The van der Waals surface area contributed by atoms with E-state index in [1.807, 2.05) is 6.20 Å². The van der Waals surface area contributed by atoms with Gasteiger partial charge in [0, 0.05) is 37.9 Å². The van der Waals surface area contributed by atoms with Crippen LogP contribution in [0.25, 0.3) is 0 Å². The van der Waals surface area contributed by atoms with Gasteiger partial charge in [-0.15, -0.1) is 0 Å². The number of nitrogens with zero attached hydrogens (tertiary/aromatic N) is 5. The fourth-order valence-electron chi connectivity index (χ4n) is 5.30. The number of likely N-dealkylation sites (tertiary alicyclic amines) is 2. The lowest BCUT2D eigenvalue weighted by molar-refractivity contribution is 0.112. The zero-order valence-electron chi connectivity index (χ0n) is 18.4. The fourth-order valence-corrected chi connectivity index (χ4v) is 5.30. The lowest BCUT2D eigenvalue weighted by Gasteiger charge is -2.38. The van der Waals surface area contributed by atoms with Crippen molar-refractivity contribution >= 4 is 11.8 Å². The molecule has 4 heterocycles. The Kier molecular flexibility index (Phi) is 7.61. The fraction of sp³-hybridized carbons (Fsp3) is 0.826. The molecule has 3 saturated heterocycles. The quantitative estimate of drug-likeness (QED) is 0.815. The van der Waals surface area contributed by atoms with Crippen LogP contribution in [-0.2, 0) is 0 Å². The molecule has 3 aliphatic rings. The summed E-state index contributed by atoms with van der Waals surface area (Å²) in [4.78, 5) is 17.3. The van der Waals surface area contributed by atoms with E-state index in [1.165, 1.54) is 84.0 Å². The zero-order valence-corrected chi connectivity index (χ0v) is 18.4. The van der Waals surface area contributed by atoms with Crippen LogP contribution in [0, 0.1) is 0 Å². The maximum absolute atomic E-state index is 4.90. The summed E-state index contributed by atoms with van der Waals surface area (Å²) in [6.07, 6.45) is 13.7. The minimum atomic E-state index is 0.459. The summed E-state index contributed by atoms with van der Waals surface area (Å²) in [7, 11) is 0. The van der Waals surface area contributed by atoms with Crippen molar-refractivity contribution in [2.24, 2.45) is 0 Å². The van der Waals surface area contributed by atoms with Crippen LogP contribution in [-0.4, -0.2) is 77.7 Å². The van der Waals surface area contributed by atoms with Crippen molar-refractivity contribution in [2.45, 2.75) is 76.8 Å². The van der Waals surface area contributed by atoms with E-state index < -0.39 is 0 Å². The highest BCUT2D eigenvalue weighted by atomic mass is 15.3. The number of hydrogen-bond donors (Lipinski definition) is 1. The summed E-state index contributed by atoms with van der Waals surface area (Å²) in [6.45, 7) is 10.6. The second-order valence-electron chi connectivity index (χ2n) is 9.14. The van der Waals surface area contributed by atoms with E-state index in [9.17, 15) is 0 Å². The smallest absolute Gasteiger partial charge is 0.224 e. The molecule has 1 atom stereocenters. The largest absolute Gasteiger partial charge is 0.356 e. The molecule has 0 spiro atoms. The third-order valence-corrected chi connectivity index (χ3v) is 7.13. The summed E-state index contributed by atoms with van der Waals surface area (Å²) >= 11 is 0. The molecule has 0 aromatic carbocycles. The summed E-state index contributed by atoms with van der Waals surface area (Å²) in [6, 6.07) is 3.29. The van der Waals surface area contributed by atoms with Crippen LogP contribution in [0.1, 0.15) is 64.7 Å². The molecule has 1 unspecified atom stereocenters. The van der Waals surface area contributed by atoms with Gasteiger partial charge in [-0.1, -0.05) is 26.2 Å². The first-order chi connectivity index (χ1) is 14.3. The maximum atomic E-state index is 4.90. The predicted octanol–water partition coefficient (Wildman–Crippen LogP) is 3.61. The first kappa shape index (κ1) is 20.9. The first-order valence-electron chi connectivity index (χ1n) is 12.1. The minimum Gasteiger partial charge on any atom is -0.356 e. The molecule has 1 N–H and O–H groups in total. The third kappa shape index (κ3) is 5.82. The molecule has 6 heteroatoms. The first-order valence-corrected chi connectivity index (χ1v) is 12.1. The highest BCUT2D eigenvalue weighted by Gasteiger charge is 2.27. The molecule has 3 aliphatic heterocycles. The molecule has 162 valence electrons.